The lowest BCUT2D eigenvalue weighted by molar-refractivity contribution is -0.0230. The second-order valence-electron chi connectivity index (χ2n) is 5.02. The molecule has 1 atom stereocenters. The molecule has 0 saturated carbocycles. The number of benzene rings is 1. The van der Waals surface area contributed by atoms with Gasteiger partial charge in [0.1, 0.15) is 17.7 Å². The summed E-state index contributed by atoms with van der Waals surface area (Å²) in [6.07, 6.45) is 2.99. The van der Waals surface area contributed by atoms with Crippen molar-refractivity contribution in [2.45, 2.75) is 6.10 Å². The highest BCUT2D eigenvalue weighted by atomic mass is 19.1. The maximum atomic E-state index is 13.7. The lowest BCUT2D eigenvalue weighted by atomic mass is 10.1. The van der Waals surface area contributed by atoms with Crippen LogP contribution in [0.2, 0.25) is 0 Å². The van der Waals surface area contributed by atoms with Crippen LogP contribution < -0.4 is 0 Å². The van der Waals surface area contributed by atoms with Gasteiger partial charge in [-0.25, -0.2) is 8.78 Å². The first-order valence-corrected chi connectivity index (χ1v) is 6.91. The van der Waals surface area contributed by atoms with Crippen molar-refractivity contribution in [2.24, 2.45) is 0 Å². The van der Waals surface area contributed by atoms with E-state index >= 15 is 0 Å². The SMILES string of the molecule is O=C(c1cc(F)ccc1F)N1CCO[C@@H](c2ccncc2)C1. The third-order valence-electron chi connectivity index (χ3n) is 3.59. The summed E-state index contributed by atoms with van der Waals surface area (Å²) in [6, 6.07) is 6.49. The Morgan fingerprint density at radius 3 is 2.77 bits per heavy atom. The first-order valence-electron chi connectivity index (χ1n) is 6.91. The van der Waals surface area contributed by atoms with E-state index in [1.54, 1.807) is 24.5 Å². The zero-order valence-corrected chi connectivity index (χ0v) is 11.7. The largest absolute Gasteiger partial charge is 0.370 e. The van der Waals surface area contributed by atoms with E-state index < -0.39 is 17.5 Å². The van der Waals surface area contributed by atoms with Crippen LogP contribution in [0.1, 0.15) is 22.0 Å². The highest BCUT2D eigenvalue weighted by Gasteiger charge is 2.27. The predicted molar refractivity (Wildman–Crippen MR) is 75.2 cm³/mol. The molecule has 0 unspecified atom stereocenters. The minimum atomic E-state index is -0.724. The zero-order valence-electron chi connectivity index (χ0n) is 11.7. The average Bonchev–Trinajstić information content (AvgIpc) is 2.57. The summed E-state index contributed by atoms with van der Waals surface area (Å²) in [5.41, 5.74) is 0.641. The van der Waals surface area contributed by atoms with E-state index in [1.807, 2.05) is 0 Å². The number of halogens is 2. The molecule has 114 valence electrons. The van der Waals surface area contributed by atoms with Crippen LogP contribution in [0, 0.1) is 11.6 Å². The highest BCUT2D eigenvalue weighted by Crippen LogP contribution is 2.23. The molecule has 1 aliphatic heterocycles. The number of pyridine rings is 1. The molecule has 6 heteroatoms. The smallest absolute Gasteiger partial charge is 0.257 e. The molecule has 22 heavy (non-hydrogen) atoms. The quantitative estimate of drug-likeness (QED) is 0.856. The van der Waals surface area contributed by atoms with Crippen molar-refractivity contribution in [2.75, 3.05) is 19.7 Å². The van der Waals surface area contributed by atoms with E-state index in [2.05, 4.69) is 4.98 Å². The van der Waals surface area contributed by atoms with E-state index in [0.717, 1.165) is 23.8 Å². The molecule has 1 amide bonds. The van der Waals surface area contributed by atoms with Gasteiger partial charge in [0.15, 0.2) is 0 Å². The number of morpholine rings is 1. The molecule has 4 nitrogen and oxygen atoms in total. The van der Waals surface area contributed by atoms with Crippen LogP contribution in [0.25, 0.3) is 0 Å². The van der Waals surface area contributed by atoms with Crippen LogP contribution in [-0.4, -0.2) is 35.5 Å². The molecule has 2 heterocycles. The van der Waals surface area contributed by atoms with Gasteiger partial charge in [0.2, 0.25) is 0 Å². The third kappa shape index (κ3) is 2.96. The van der Waals surface area contributed by atoms with Crippen molar-refractivity contribution < 1.29 is 18.3 Å². The number of nitrogens with zero attached hydrogens (tertiary/aromatic N) is 2. The van der Waals surface area contributed by atoms with Gasteiger partial charge in [0, 0.05) is 18.9 Å². The summed E-state index contributed by atoms with van der Waals surface area (Å²) >= 11 is 0. The monoisotopic (exact) mass is 304 g/mol. The van der Waals surface area contributed by atoms with Gasteiger partial charge in [-0.1, -0.05) is 0 Å². The van der Waals surface area contributed by atoms with Crippen LogP contribution in [0.4, 0.5) is 8.78 Å². The first kappa shape index (κ1) is 14.6. The molecule has 0 radical (unpaired) electrons. The molecular weight excluding hydrogens is 290 g/mol. The summed E-state index contributed by atoms with van der Waals surface area (Å²) in [7, 11) is 0. The summed E-state index contributed by atoms with van der Waals surface area (Å²) in [6.45, 7) is 0.977. The van der Waals surface area contributed by atoms with Crippen molar-refractivity contribution in [1.82, 2.24) is 9.88 Å². The Labute approximate surface area is 126 Å². The first-order chi connectivity index (χ1) is 10.6. The van der Waals surface area contributed by atoms with Crippen molar-refractivity contribution in [3.05, 3.63) is 65.5 Å². The van der Waals surface area contributed by atoms with Gasteiger partial charge >= 0.3 is 0 Å². The number of carbonyl (C=O) groups excluding carboxylic acids is 1. The van der Waals surface area contributed by atoms with Crippen LogP contribution in [0.15, 0.2) is 42.7 Å². The van der Waals surface area contributed by atoms with E-state index in [9.17, 15) is 13.6 Å². The van der Waals surface area contributed by atoms with Crippen LogP contribution in [-0.2, 0) is 4.74 Å². The van der Waals surface area contributed by atoms with Crippen molar-refractivity contribution in [3.63, 3.8) is 0 Å². The van der Waals surface area contributed by atoms with E-state index in [-0.39, 0.29) is 11.7 Å². The minimum Gasteiger partial charge on any atom is -0.370 e. The molecule has 0 N–H and O–H groups in total. The maximum Gasteiger partial charge on any atom is 0.257 e. The Kier molecular flexibility index (Phi) is 4.11. The van der Waals surface area contributed by atoms with Crippen molar-refractivity contribution in [1.29, 1.82) is 0 Å². The van der Waals surface area contributed by atoms with Gasteiger partial charge in [-0.3, -0.25) is 9.78 Å². The zero-order chi connectivity index (χ0) is 15.5. The molecule has 0 aliphatic carbocycles. The lowest BCUT2D eigenvalue weighted by Gasteiger charge is -2.33. The minimum absolute atomic E-state index is 0.254. The van der Waals surface area contributed by atoms with Gasteiger partial charge < -0.3 is 9.64 Å². The second kappa shape index (κ2) is 6.19. The lowest BCUT2D eigenvalue weighted by Crippen LogP contribution is -2.42. The summed E-state index contributed by atoms with van der Waals surface area (Å²) in [5, 5.41) is 0. The molecule has 1 aliphatic rings. The van der Waals surface area contributed by atoms with E-state index in [0.29, 0.717) is 19.7 Å². The predicted octanol–water partition coefficient (Wildman–Crippen LogP) is 2.57. The number of carbonyl (C=O) groups is 1. The van der Waals surface area contributed by atoms with Crippen LogP contribution in [0.5, 0.6) is 0 Å². The topological polar surface area (TPSA) is 42.4 Å². The van der Waals surface area contributed by atoms with Gasteiger partial charge in [-0.05, 0) is 35.9 Å². The second-order valence-corrected chi connectivity index (χ2v) is 5.02. The molecule has 0 bridgehead atoms. The summed E-state index contributed by atoms with van der Waals surface area (Å²) in [5.74, 6) is -1.89. The Morgan fingerprint density at radius 1 is 1.23 bits per heavy atom. The number of rotatable bonds is 2. The Bertz CT molecular complexity index is 679. The van der Waals surface area contributed by atoms with Gasteiger partial charge in [-0.2, -0.15) is 0 Å². The molecule has 0 spiro atoms. The standard InChI is InChI=1S/C16H14F2N2O2/c17-12-1-2-14(18)13(9-12)16(21)20-7-8-22-15(10-20)11-3-5-19-6-4-11/h1-6,9,15H,7-8,10H2/t15-/m1/s1. The normalized spacial score (nSPS) is 18.3. The summed E-state index contributed by atoms with van der Waals surface area (Å²) < 4.78 is 32.6. The molecule has 1 saturated heterocycles. The molecule has 3 rings (SSSR count). The molecule has 1 aromatic carbocycles. The van der Waals surface area contributed by atoms with E-state index in [1.165, 1.54) is 4.90 Å². The van der Waals surface area contributed by atoms with E-state index in [4.69, 9.17) is 4.74 Å². The van der Waals surface area contributed by atoms with Gasteiger partial charge in [-0.15, -0.1) is 0 Å². The number of aromatic nitrogens is 1. The molecule has 2 aromatic rings. The van der Waals surface area contributed by atoms with Gasteiger partial charge in [0.25, 0.3) is 5.91 Å². The molecular formula is C16H14F2N2O2. The number of hydrogen-bond donors (Lipinski definition) is 0. The molecule has 1 fully saturated rings. The fraction of sp³-hybridized carbons (Fsp3) is 0.250. The third-order valence-corrected chi connectivity index (χ3v) is 3.59. The van der Waals surface area contributed by atoms with Gasteiger partial charge in [0.05, 0.1) is 18.7 Å². The van der Waals surface area contributed by atoms with Crippen molar-refractivity contribution >= 4 is 5.91 Å². The Hall–Kier alpha value is -2.34. The van der Waals surface area contributed by atoms with Crippen LogP contribution >= 0.6 is 0 Å². The fourth-order valence-electron chi connectivity index (χ4n) is 2.45. The number of amides is 1. The Morgan fingerprint density at radius 2 is 2.00 bits per heavy atom. The van der Waals surface area contributed by atoms with Crippen LogP contribution in [0.3, 0.4) is 0 Å². The summed E-state index contributed by atoms with van der Waals surface area (Å²) in [4.78, 5) is 17.8. The average molecular weight is 304 g/mol. The molecule has 1 aromatic heterocycles. The fourth-order valence-corrected chi connectivity index (χ4v) is 2.45. The number of ether oxygens (including phenoxy) is 1. The van der Waals surface area contributed by atoms with Crippen molar-refractivity contribution in [3.8, 4) is 0 Å². The highest BCUT2D eigenvalue weighted by molar-refractivity contribution is 5.94. The maximum absolute atomic E-state index is 13.7. The Balaban J connectivity index is 1.80. The number of hydrogen-bond acceptors (Lipinski definition) is 3.